The number of ketones is 1. The molecule has 0 aliphatic heterocycles. The van der Waals surface area contributed by atoms with Crippen molar-refractivity contribution in [3.63, 3.8) is 0 Å². The molecule has 0 aliphatic rings. The van der Waals surface area contributed by atoms with E-state index in [4.69, 9.17) is 0 Å². The number of rotatable bonds is 7. The summed E-state index contributed by atoms with van der Waals surface area (Å²) in [6, 6.07) is 5.69. The first-order valence-corrected chi connectivity index (χ1v) is 6.43. The largest absolute Gasteiger partial charge is 0.481 e. The van der Waals surface area contributed by atoms with Gasteiger partial charge in [0.1, 0.15) is 11.6 Å². The lowest BCUT2D eigenvalue weighted by Gasteiger charge is -2.25. The van der Waals surface area contributed by atoms with Gasteiger partial charge in [0.25, 0.3) is 0 Å². The fourth-order valence-corrected chi connectivity index (χ4v) is 2.15. The molecule has 0 aliphatic carbocycles. The molecule has 1 aromatic rings. The lowest BCUT2D eigenvalue weighted by molar-refractivity contribution is -0.152. The maximum absolute atomic E-state index is 12.7. The Labute approximate surface area is 112 Å². The second-order valence-corrected chi connectivity index (χ2v) is 4.81. The van der Waals surface area contributed by atoms with Crippen LogP contribution in [0, 0.1) is 11.2 Å². The molecule has 0 aromatic heterocycles. The van der Waals surface area contributed by atoms with Gasteiger partial charge in [-0.2, -0.15) is 0 Å². The number of Topliss-reactive ketones (excluding diaryl/α,β-unsaturated/α-hetero) is 1. The Morgan fingerprint density at radius 2 is 1.68 bits per heavy atom. The van der Waals surface area contributed by atoms with E-state index in [9.17, 15) is 19.1 Å². The Kier molecular flexibility index (Phi) is 5.21. The van der Waals surface area contributed by atoms with Crippen molar-refractivity contribution in [3.8, 4) is 0 Å². The molecule has 1 aromatic carbocycles. The van der Waals surface area contributed by atoms with E-state index in [1.54, 1.807) is 26.0 Å². The van der Waals surface area contributed by atoms with E-state index < -0.39 is 11.4 Å². The van der Waals surface area contributed by atoms with Gasteiger partial charge in [-0.1, -0.05) is 26.0 Å². The van der Waals surface area contributed by atoms with Crippen molar-refractivity contribution in [1.82, 2.24) is 0 Å². The summed E-state index contributed by atoms with van der Waals surface area (Å²) in [5.41, 5.74) is -0.269. The van der Waals surface area contributed by atoms with E-state index in [1.165, 1.54) is 12.1 Å². The van der Waals surface area contributed by atoms with Gasteiger partial charge in [-0.25, -0.2) is 4.39 Å². The van der Waals surface area contributed by atoms with Crippen LogP contribution < -0.4 is 0 Å². The van der Waals surface area contributed by atoms with Gasteiger partial charge in [-0.05, 0) is 30.5 Å². The molecular formula is C15H19FO3. The minimum absolute atomic E-state index is 0.0205. The van der Waals surface area contributed by atoms with Crippen LogP contribution in [-0.2, 0) is 16.0 Å². The van der Waals surface area contributed by atoms with Gasteiger partial charge in [-0.3, -0.25) is 9.59 Å². The summed E-state index contributed by atoms with van der Waals surface area (Å²) in [4.78, 5) is 23.3. The van der Waals surface area contributed by atoms with Crippen molar-refractivity contribution in [2.45, 2.75) is 39.5 Å². The average Bonchev–Trinajstić information content (AvgIpc) is 2.38. The minimum atomic E-state index is -0.975. The van der Waals surface area contributed by atoms with Gasteiger partial charge in [0.2, 0.25) is 0 Å². The molecule has 0 saturated carbocycles. The number of hydrogen-bond acceptors (Lipinski definition) is 2. The first kappa shape index (κ1) is 15.3. The van der Waals surface area contributed by atoms with Crippen LogP contribution in [0.1, 0.15) is 38.7 Å². The lowest BCUT2D eigenvalue weighted by atomic mass is 9.77. The van der Waals surface area contributed by atoms with Crippen LogP contribution in [0.2, 0.25) is 0 Å². The fraction of sp³-hybridized carbons (Fsp3) is 0.467. The van der Waals surface area contributed by atoms with Crippen molar-refractivity contribution in [2.75, 3.05) is 0 Å². The molecule has 19 heavy (non-hydrogen) atoms. The smallest absolute Gasteiger partial charge is 0.310 e. The predicted molar refractivity (Wildman–Crippen MR) is 70.4 cm³/mol. The first-order valence-electron chi connectivity index (χ1n) is 6.43. The van der Waals surface area contributed by atoms with Crippen LogP contribution in [-0.4, -0.2) is 16.9 Å². The van der Waals surface area contributed by atoms with E-state index in [-0.39, 0.29) is 24.4 Å². The Morgan fingerprint density at radius 1 is 1.16 bits per heavy atom. The molecule has 0 radical (unpaired) electrons. The molecule has 0 saturated heterocycles. The average molecular weight is 266 g/mol. The fourth-order valence-electron chi connectivity index (χ4n) is 2.15. The highest BCUT2D eigenvalue weighted by molar-refractivity contribution is 5.87. The van der Waals surface area contributed by atoms with Crippen molar-refractivity contribution < 1.29 is 19.1 Å². The summed E-state index contributed by atoms with van der Waals surface area (Å²) < 4.78 is 12.7. The summed E-state index contributed by atoms with van der Waals surface area (Å²) in [7, 11) is 0. The normalized spacial score (nSPS) is 11.3. The standard InChI is InChI=1S/C15H19FO3/c1-3-15(4-2,14(18)19)10-13(17)9-11-5-7-12(16)8-6-11/h5-8H,3-4,9-10H2,1-2H3,(H,18,19). The summed E-state index contributed by atoms with van der Waals surface area (Å²) in [6.45, 7) is 3.56. The van der Waals surface area contributed by atoms with Crippen LogP contribution in [0.3, 0.4) is 0 Å². The summed E-state index contributed by atoms with van der Waals surface area (Å²) in [5, 5.41) is 9.27. The Morgan fingerprint density at radius 3 is 2.11 bits per heavy atom. The molecule has 0 fully saturated rings. The van der Waals surface area contributed by atoms with E-state index in [2.05, 4.69) is 0 Å². The van der Waals surface area contributed by atoms with Crippen LogP contribution in [0.15, 0.2) is 24.3 Å². The van der Waals surface area contributed by atoms with Gasteiger partial charge < -0.3 is 5.11 Å². The molecule has 0 amide bonds. The van der Waals surface area contributed by atoms with Gasteiger partial charge in [-0.15, -0.1) is 0 Å². The molecule has 0 heterocycles. The first-order chi connectivity index (χ1) is 8.93. The molecule has 0 spiro atoms. The Hall–Kier alpha value is -1.71. The van der Waals surface area contributed by atoms with Crippen molar-refractivity contribution in [3.05, 3.63) is 35.6 Å². The number of carbonyl (C=O) groups excluding carboxylic acids is 1. The van der Waals surface area contributed by atoms with E-state index in [0.29, 0.717) is 18.4 Å². The SMILES string of the molecule is CCC(CC)(CC(=O)Cc1ccc(F)cc1)C(=O)O. The summed E-state index contributed by atoms with van der Waals surface area (Å²) in [5.74, 6) is -1.40. The molecular weight excluding hydrogens is 247 g/mol. The lowest BCUT2D eigenvalue weighted by Crippen LogP contribution is -2.32. The molecule has 0 atom stereocenters. The number of carbonyl (C=O) groups is 2. The number of halogens is 1. The van der Waals surface area contributed by atoms with Crippen LogP contribution in [0.25, 0.3) is 0 Å². The van der Waals surface area contributed by atoms with Crippen LogP contribution in [0.4, 0.5) is 4.39 Å². The monoisotopic (exact) mass is 266 g/mol. The summed E-state index contributed by atoms with van der Waals surface area (Å²) >= 11 is 0. The van der Waals surface area contributed by atoms with Crippen molar-refractivity contribution >= 4 is 11.8 Å². The maximum Gasteiger partial charge on any atom is 0.310 e. The third-order valence-electron chi connectivity index (χ3n) is 3.66. The van der Waals surface area contributed by atoms with Crippen molar-refractivity contribution in [1.29, 1.82) is 0 Å². The number of aliphatic carboxylic acids is 1. The molecule has 1 rings (SSSR count). The zero-order chi connectivity index (χ0) is 14.5. The zero-order valence-electron chi connectivity index (χ0n) is 11.3. The van der Waals surface area contributed by atoms with Gasteiger partial charge in [0.05, 0.1) is 5.41 Å². The highest BCUT2D eigenvalue weighted by Gasteiger charge is 2.36. The highest BCUT2D eigenvalue weighted by Crippen LogP contribution is 2.31. The number of carboxylic acid groups (broad SMARTS) is 1. The molecule has 0 bridgehead atoms. The molecule has 104 valence electrons. The molecule has 4 heteroatoms. The number of benzene rings is 1. The van der Waals surface area contributed by atoms with Gasteiger partial charge in [0.15, 0.2) is 0 Å². The third kappa shape index (κ3) is 3.88. The van der Waals surface area contributed by atoms with Gasteiger partial charge in [0, 0.05) is 12.8 Å². The summed E-state index contributed by atoms with van der Waals surface area (Å²) in [6.07, 6.45) is 1.02. The quantitative estimate of drug-likeness (QED) is 0.824. The van der Waals surface area contributed by atoms with Crippen LogP contribution >= 0.6 is 0 Å². The zero-order valence-corrected chi connectivity index (χ0v) is 11.3. The Balaban J connectivity index is 2.73. The molecule has 0 unspecified atom stereocenters. The maximum atomic E-state index is 12.7. The van der Waals surface area contributed by atoms with Gasteiger partial charge >= 0.3 is 5.97 Å². The highest BCUT2D eigenvalue weighted by atomic mass is 19.1. The molecule has 3 nitrogen and oxygen atoms in total. The van der Waals surface area contributed by atoms with Crippen LogP contribution in [0.5, 0.6) is 0 Å². The van der Waals surface area contributed by atoms with E-state index in [0.717, 1.165) is 0 Å². The number of carboxylic acids is 1. The molecule has 1 N–H and O–H groups in total. The van der Waals surface area contributed by atoms with E-state index in [1.807, 2.05) is 0 Å². The van der Waals surface area contributed by atoms with E-state index >= 15 is 0 Å². The predicted octanol–water partition coefficient (Wildman–Crippen LogP) is 3.22. The topological polar surface area (TPSA) is 54.4 Å². The second kappa shape index (κ2) is 6.45. The minimum Gasteiger partial charge on any atom is -0.481 e. The third-order valence-corrected chi connectivity index (χ3v) is 3.66. The second-order valence-electron chi connectivity index (χ2n) is 4.81. The Bertz CT molecular complexity index is 447. The van der Waals surface area contributed by atoms with Crippen molar-refractivity contribution in [2.24, 2.45) is 5.41 Å². The number of hydrogen-bond donors (Lipinski definition) is 1.